The lowest BCUT2D eigenvalue weighted by atomic mass is 9.95. The smallest absolute Gasteiger partial charge is 0.261 e. The van der Waals surface area contributed by atoms with Crippen molar-refractivity contribution in [1.29, 1.82) is 0 Å². The van der Waals surface area contributed by atoms with Crippen molar-refractivity contribution in [3.05, 3.63) is 40.7 Å². The molecule has 0 spiro atoms. The van der Waals surface area contributed by atoms with Crippen molar-refractivity contribution in [3.63, 3.8) is 0 Å². The molecule has 3 aromatic rings. The quantitative estimate of drug-likeness (QED) is 0.627. The van der Waals surface area contributed by atoms with Gasteiger partial charge in [0.15, 0.2) is 0 Å². The summed E-state index contributed by atoms with van der Waals surface area (Å²) in [7, 11) is -2.04. The minimum atomic E-state index is -3.65. The maximum atomic E-state index is 13.3. The van der Waals surface area contributed by atoms with Gasteiger partial charge in [-0.3, -0.25) is 9.48 Å². The Kier molecular flexibility index (Phi) is 5.65. The Balaban J connectivity index is 1.68. The molecule has 1 aliphatic heterocycles. The first-order valence-corrected chi connectivity index (χ1v) is 12.3. The van der Waals surface area contributed by atoms with Crippen LogP contribution in [0.2, 0.25) is 0 Å². The van der Waals surface area contributed by atoms with Crippen LogP contribution < -0.4 is 5.32 Å². The number of thiophene rings is 1. The predicted molar refractivity (Wildman–Crippen MR) is 116 cm³/mol. The Bertz CT molecular complexity index is 1200. The zero-order valence-corrected chi connectivity index (χ0v) is 18.9. The van der Waals surface area contributed by atoms with E-state index in [1.165, 1.54) is 15.6 Å². The molecule has 1 saturated heterocycles. The van der Waals surface area contributed by atoms with Crippen molar-refractivity contribution in [1.82, 2.24) is 24.4 Å². The molecule has 1 unspecified atom stereocenters. The predicted octanol–water partition coefficient (Wildman–Crippen LogP) is 2.75. The summed E-state index contributed by atoms with van der Waals surface area (Å²) in [6.07, 6.45) is 4.87. The summed E-state index contributed by atoms with van der Waals surface area (Å²) in [4.78, 5) is 18.6. The lowest BCUT2D eigenvalue weighted by Gasteiger charge is -2.16. The number of aryl methyl sites for hydroxylation is 2. The number of fused-ring (bicyclic) bond motifs is 1. The topological polar surface area (TPSA) is 97.2 Å². The minimum absolute atomic E-state index is 0.0592. The molecular weight excluding hydrogens is 422 g/mol. The van der Waals surface area contributed by atoms with Crippen LogP contribution in [0.4, 0.5) is 0 Å². The van der Waals surface area contributed by atoms with Crippen LogP contribution in [0.25, 0.3) is 10.2 Å². The maximum Gasteiger partial charge on any atom is 0.261 e. The Morgan fingerprint density at radius 1 is 1.40 bits per heavy atom. The second kappa shape index (κ2) is 8.09. The summed E-state index contributed by atoms with van der Waals surface area (Å²) in [5.74, 6) is -0.220. The van der Waals surface area contributed by atoms with Gasteiger partial charge in [-0.1, -0.05) is 13.0 Å². The van der Waals surface area contributed by atoms with Crippen molar-refractivity contribution in [2.75, 3.05) is 20.1 Å². The molecule has 0 saturated carbocycles. The molecule has 160 valence electrons. The van der Waals surface area contributed by atoms with Crippen LogP contribution in [0, 0.1) is 6.92 Å². The number of nitrogens with one attached hydrogen (secondary N) is 1. The highest BCUT2D eigenvalue weighted by atomic mass is 32.2. The number of carbonyl (C=O) groups excluding carboxylic acids is 1. The lowest BCUT2D eigenvalue weighted by Crippen LogP contribution is -2.29. The number of hydrogen-bond donors (Lipinski definition) is 1. The molecule has 1 fully saturated rings. The Morgan fingerprint density at radius 2 is 2.20 bits per heavy atom. The highest BCUT2D eigenvalue weighted by Crippen LogP contribution is 2.40. The molecule has 0 radical (unpaired) electrons. The van der Waals surface area contributed by atoms with Crippen molar-refractivity contribution < 1.29 is 13.2 Å². The van der Waals surface area contributed by atoms with E-state index in [-0.39, 0.29) is 16.7 Å². The van der Waals surface area contributed by atoms with Crippen LogP contribution in [0.3, 0.4) is 0 Å². The fourth-order valence-electron chi connectivity index (χ4n) is 4.06. The molecule has 4 heterocycles. The molecule has 3 aromatic heterocycles. The zero-order chi connectivity index (χ0) is 21.5. The maximum absolute atomic E-state index is 13.3. The van der Waals surface area contributed by atoms with E-state index in [0.29, 0.717) is 36.6 Å². The van der Waals surface area contributed by atoms with Crippen molar-refractivity contribution in [2.24, 2.45) is 0 Å². The van der Waals surface area contributed by atoms with E-state index in [2.05, 4.69) is 15.4 Å². The number of pyridine rings is 1. The van der Waals surface area contributed by atoms with Gasteiger partial charge in [0.25, 0.3) is 5.91 Å². The largest absolute Gasteiger partial charge is 0.354 e. The Morgan fingerprint density at radius 3 is 2.93 bits per heavy atom. The van der Waals surface area contributed by atoms with Gasteiger partial charge in [-0.15, -0.1) is 11.3 Å². The molecule has 10 heteroatoms. The average molecular weight is 448 g/mol. The third kappa shape index (κ3) is 3.52. The van der Waals surface area contributed by atoms with E-state index in [9.17, 15) is 13.2 Å². The molecule has 30 heavy (non-hydrogen) atoms. The van der Waals surface area contributed by atoms with Crippen molar-refractivity contribution in [3.8, 4) is 0 Å². The number of hydrogen-bond acceptors (Lipinski definition) is 6. The molecule has 4 rings (SSSR count). The fourth-order valence-corrected chi connectivity index (χ4v) is 6.90. The van der Waals surface area contributed by atoms with E-state index >= 15 is 0 Å². The molecule has 8 nitrogen and oxygen atoms in total. The van der Waals surface area contributed by atoms with Crippen LogP contribution in [0.5, 0.6) is 0 Å². The van der Waals surface area contributed by atoms with E-state index < -0.39 is 10.0 Å². The van der Waals surface area contributed by atoms with Gasteiger partial charge in [0.1, 0.15) is 9.73 Å². The molecular formula is C20H25N5O3S2. The summed E-state index contributed by atoms with van der Waals surface area (Å²) >= 11 is 1.36. The SMILES string of the molecule is CCCn1cc(S(=O)(=O)N2CCC(c3c(C(=O)NC)sc4ncccc34)C2)c(C)n1. The van der Waals surface area contributed by atoms with Gasteiger partial charge in [0.05, 0.1) is 10.6 Å². The summed E-state index contributed by atoms with van der Waals surface area (Å²) < 4.78 is 29.8. The first kappa shape index (κ1) is 21.0. The van der Waals surface area contributed by atoms with E-state index in [1.54, 1.807) is 31.0 Å². The van der Waals surface area contributed by atoms with E-state index in [0.717, 1.165) is 22.2 Å². The second-order valence-corrected chi connectivity index (χ2v) is 10.4. The third-order valence-electron chi connectivity index (χ3n) is 5.47. The highest BCUT2D eigenvalue weighted by Gasteiger charge is 2.37. The average Bonchev–Trinajstić information content (AvgIpc) is 3.44. The number of amides is 1. The molecule has 0 bridgehead atoms. The second-order valence-electron chi connectivity index (χ2n) is 7.47. The van der Waals surface area contributed by atoms with Gasteiger partial charge in [-0.25, -0.2) is 13.4 Å². The zero-order valence-electron chi connectivity index (χ0n) is 17.3. The summed E-state index contributed by atoms with van der Waals surface area (Å²) in [5, 5.41) is 7.97. The van der Waals surface area contributed by atoms with Crippen molar-refractivity contribution >= 4 is 37.5 Å². The van der Waals surface area contributed by atoms with Gasteiger partial charge >= 0.3 is 0 Å². The molecule has 1 atom stereocenters. The summed E-state index contributed by atoms with van der Waals surface area (Å²) in [5.41, 5.74) is 1.42. The van der Waals surface area contributed by atoms with Crippen LogP contribution in [0.1, 0.15) is 46.6 Å². The van der Waals surface area contributed by atoms with Crippen LogP contribution in [-0.2, 0) is 16.6 Å². The Labute approximate surface area is 180 Å². The molecule has 0 aromatic carbocycles. The molecule has 0 aliphatic carbocycles. The van der Waals surface area contributed by atoms with Gasteiger partial charge in [0, 0.05) is 50.4 Å². The fraction of sp³-hybridized carbons (Fsp3) is 0.450. The highest BCUT2D eigenvalue weighted by molar-refractivity contribution is 7.89. The third-order valence-corrected chi connectivity index (χ3v) is 8.57. The minimum Gasteiger partial charge on any atom is -0.354 e. The first-order chi connectivity index (χ1) is 14.4. The van der Waals surface area contributed by atoms with Crippen LogP contribution in [0.15, 0.2) is 29.4 Å². The number of sulfonamides is 1. The summed E-state index contributed by atoms with van der Waals surface area (Å²) in [6, 6.07) is 3.80. The normalized spacial score (nSPS) is 17.6. The van der Waals surface area contributed by atoms with Crippen molar-refractivity contribution in [2.45, 2.75) is 44.0 Å². The molecule has 1 amide bonds. The summed E-state index contributed by atoms with van der Waals surface area (Å²) in [6.45, 7) is 5.19. The van der Waals surface area contributed by atoms with Gasteiger partial charge in [-0.2, -0.15) is 9.40 Å². The van der Waals surface area contributed by atoms with Crippen LogP contribution >= 0.6 is 11.3 Å². The number of rotatable bonds is 6. The van der Waals surface area contributed by atoms with Gasteiger partial charge in [0.2, 0.25) is 10.0 Å². The standard InChI is InChI=1S/C20H25N5O3S2/c1-4-9-24-12-16(13(2)23-24)30(27,28)25-10-7-14(11-25)17-15-6-5-8-22-20(15)29-18(17)19(26)21-3/h5-6,8,12,14H,4,7,9-11H2,1-3H3,(H,21,26). The first-order valence-electron chi connectivity index (χ1n) is 10.0. The number of nitrogens with zero attached hydrogens (tertiary/aromatic N) is 4. The van der Waals surface area contributed by atoms with E-state index in [1.807, 2.05) is 19.1 Å². The van der Waals surface area contributed by atoms with E-state index in [4.69, 9.17) is 0 Å². The van der Waals surface area contributed by atoms with Gasteiger partial charge < -0.3 is 5.32 Å². The molecule has 1 aliphatic rings. The van der Waals surface area contributed by atoms with Gasteiger partial charge in [-0.05, 0) is 31.4 Å². The number of aromatic nitrogens is 3. The monoisotopic (exact) mass is 447 g/mol. The molecule has 1 N–H and O–H groups in total. The lowest BCUT2D eigenvalue weighted by molar-refractivity contribution is 0.0966. The van der Waals surface area contributed by atoms with Crippen LogP contribution in [-0.4, -0.2) is 53.5 Å². The number of carbonyl (C=O) groups is 1. The Hall–Kier alpha value is -2.30.